The van der Waals surface area contributed by atoms with Crippen LogP contribution in [0.2, 0.25) is 0 Å². The molecule has 0 aromatic rings. The Morgan fingerprint density at radius 1 is 1.33 bits per heavy atom. The third kappa shape index (κ3) is 4.24. The van der Waals surface area contributed by atoms with Gasteiger partial charge in [0.15, 0.2) is 0 Å². The highest BCUT2D eigenvalue weighted by Gasteiger charge is 2.36. The summed E-state index contributed by atoms with van der Waals surface area (Å²) in [6, 6.07) is -0.872. The normalized spacial score (nSPS) is 22.9. The van der Waals surface area contributed by atoms with Crippen LogP contribution in [0.1, 0.15) is 46.5 Å². The summed E-state index contributed by atoms with van der Waals surface area (Å²) in [5.74, 6) is -1.01. The first-order valence-corrected chi connectivity index (χ1v) is 7.97. The summed E-state index contributed by atoms with van der Waals surface area (Å²) in [6.07, 6.45) is 2.49. The number of rotatable bonds is 4. The van der Waals surface area contributed by atoms with E-state index in [1.165, 1.54) is 4.31 Å². The number of carbonyl (C=O) groups is 1. The standard InChI is InChI=1S/C12H23NO4S/c1-12(2,3)7-9-18(16,17)13-8-5-4-6-10(13)11(14)15/h10H,4-9H2,1-3H3,(H,14,15). The van der Waals surface area contributed by atoms with Crippen molar-refractivity contribution in [2.24, 2.45) is 5.41 Å². The van der Waals surface area contributed by atoms with E-state index >= 15 is 0 Å². The molecule has 1 rings (SSSR count). The minimum absolute atomic E-state index is 0.0281. The first-order chi connectivity index (χ1) is 8.13. The minimum Gasteiger partial charge on any atom is -0.480 e. The van der Waals surface area contributed by atoms with Crippen LogP contribution in [0.3, 0.4) is 0 Å². The maximum atomic E-state index is 12.2. The largest absolute Gasteiger partial charge is 0.480 e. The maximum absolute atomic E-state index is 12.2. The second-order valence-corrected chi connectivity index (χ2v) is 8.13. The Morgan fingerprint density at radius 2 is 1.94 bits per heavy atom. The molecule has 1 aliphatic rings. The molecule has 1 N–H and O–H groups in total. The average Bonchev–Trinajstić information content (AvgIpc) is 2.26. The molecule has 1 fully saturated rings. The molecule has 0 bridgehead atoms. The Hall–Kier alpha value is -0.620. The summed E-state index contributed by atoms with van der Waals surface area (Å²) in [7, 11) is -3.46. The van der Waals surface area contributed by atoms with Crippen molar-refractivity contribution in [3.05, 3.63) is 0 Å². The molecule has 1 aliphatic heterocycles. The van der Waals surface area contributed by atoms with Gasteiger partial charge in [0.2, 0.25) is 10.0 Å². The highest BCUT2D eigenvalue weighted by molar-refractivity contribution is 7.89. The van der Waals surface area contributed by atoms with Gasteiger partial charge in [-0.05, 0) is 31.1 Å². The molecule has 5 nitrogen and oxygen atoms in total. The summed E-state index contributed by atoms with van der Waals surface area (Å²) in [6.45, 7) is 6.28. The summed E-state index contributed by atoms with van der Waals surface area (Å²) in [5, 5.41) is 9.09. The monoisotopic (exact) mass is 277 g/mol. The van der Waals surface area contributed by atoms with Crippen LogP contribution in [0.4, 0.5) is 0 Å². The fourth-order valence-electron chi connectivity index (χ4n) is 2.04. The van der Waals surface area contributed by atoms with E-state index in [1.807, 2.05) is 20.8 Å². The molecule has 0 spiro atoms. The zero-order valence-corrected chi connectivity index (χ0v) is 12.2. The smallest absolute Gasteiger partial charge is 0.322 e. The van der Waals surface area contributed by atoms with Crippen LogP contribution in [0.15, 0.2) is 0 Å². The predicted octanol–water partition coefficient (Wildman–Crippen LogP) is 1.69. The highest BCUT2D eigenvalue weighted by atomic mass is 32.2. The first kappa shape index (κ1) is 15.4. The predicted molar refractivity (Wildman–Crippen MR) is 69.8 cm³/mol. The summed E-state index contributed by atoms with van der Waals surface area (Å²) in [4.78, 5) is 11.1. The van der Waals surface area contributed by atoms with Crippen molar-refractivity contribution in [2.75, 3.05) is 12.3 Å². The van der Waals surface area contributed by atoms with Gasteiger partial charge in [0.25, 0.3) is 0 Å². The Bertz CT molecular complexity index is 397. The van der Waals surface area contributed by atoms with Gasteiger partial charge in [-0.1, -0.05) is 20.8 Å². The average molecular weight is 277 g/mol. The van der Waals surface area contributed by atoms with Crippen LogP contribution >= 0.6 is 0 Å². The van der Waals surface area contributed by atoms with Gasteiger partial charge in [-0.2, -0.15) is 4.31 Å². The molecule has 0 saturated carbocycles. The van der Waals surface area contributed by atoms with Crippen molar-refractivity contribution < 1.29 is 18.3 Å². The van der Waals surface area contributed by atoms with Crippen molar-refractivity contribution in [2.45, 2.75) is 52.5 Å². The third-order valence-corrected chi connectivity index (χ3v) is 5.08. The molecule has 0 aromatic heterocycles. The molecule has 0 amide bonds. The van der Waals surface area contributed by atoms with E-state index in [4.69, 9.17) is 5.11 Å². The maximum Gasteiger partial charge on any atom is 0.322 e. The van der Waals surface area contributed by atoms with Crippen LogP contribution in [0.25, 0.3) is 0 Å². The quantitative estimate of drug-likeness (QED) is 0.848. The number of sulfonamides is 1. The molecular formula is C12H23NO4S. The molecule has 6 heteroatoms. The number of carboxylic acid groups (broad SMARTS) is 1. The lowest BCUT2D eigenvalue weighted by Gasteiger charge is -2.32. The van der Waals surface area contributed by atoms with E-state index in [-0.39, 0.29) is 11.2 Å². The van der Waals surface area contributed by atoms with Crippen LogP contribution in [0.5, 0.6) is 0 Å². The lowest BCUT2D eigenvalue weighted by molar-refractivity contribution is -0.142. The van der Waals surface area contributed by atoms with E-state index in [0.717, 1.165) is 12.8 Å². The van der Waals surface area contributed by atoms with E-state index in [0.29, 0.717) is 19.4 Å². The zero-order chi connectivity index (χ0) is 14.0. The fraction of sp³-hybridized carbons (Fsp3) is 0.917. The molecule has 18 heavy (non-hydrogen) atoms. The molecule has 1 atom stereocenters. The molecule has 0 aromatic carbocycles. The number of piperidine rings is 1. The molecular weight excluding hydrogens is 254 g/mol. The second-order valence-electron chi connectivity index (χ2n) is 6.09. The van der Waals surface area contributed by atoms with Crippen molar-refractivity contribution in [3.8, 4) is 0 Å². The number of carboxylic acids is 1. The van der Waals surface area contributed by atoms with Crippen LogP contribution in [0, 0.1) is 5.41 Å². The number of aliphatic carboxylic acids is 1. The fourth-order valence-corrected chi connectivity index (χ4v) is 4.13. The van der Waals surface area contributed by atoms with E-state index < -0.39 is 22.0 Å². The summed E-state index contributed by atoms with van der Waals surface area (Å²) < 4.78 is 25.6. The Morgan fingerprint density at radius 3 is 2.44 bits per heavy atom. The molecule has 1 heterocycles. The number of nitrogens with zero attached hydrogens (tertiary/aromatic N) is 1. The Labute approximate surface area is 109 Å². The van der Waals surface area contributed by atoms with Crippen LogP contribution < -0.4 is 0 Å². The number of hydrogen-bond acceptors (Lipinski definition) is 3. The van der Waals surface area contributed by atoms with Gasteiger partial charge in [-0.15, -0.1) is 0 Å². The SMILES string of the molecule is CC(C)(C)CCS(=O)(=O)N1CCCCC1C(=O)O. The van der Waals surface area contributed by atoms with E-state index in [1.54, 1.807) is 0 Å². The highest BCUT2D eigenvalue weighted by Crippen LogP contribution is 2.25. The van der Waals surface area contributed by atoms with Gasteiger partial charge in [0.05, 0.1) is 5.75 Å². The van der Waals surface area contributed by atoms with Gasteiger partial charge in [0.1, 0.15) is 6.04 Å². The van der Waals surface area contributed by atoms with Crippen molar-refractivity contribution in [1.29, 1.82) is 0 Å². The van der Waals surface area contributed by atoms with Gasteiger partial charge < -0.3 is 5.11 Å². The van der Waals surface area contributed by atoms with Gasteiger partial charge in [-0.3, -0.25) is 4.79 Å². The van der Waals surface area contributed by atoms with Gasteiger partial charge in [0, 0.05) is 6.54 Å². The minimum atomic E-state index is -3.46. The van der Waals surface area contributed by atoms with E-state index in [2.05, 4.69) is 0 Å². The van der Waals surface area contributed by atoms with Crippen molar-refractivity contribution in [1.82, 2.24) is 4.31 Å². The summed E-state index contributed by atoms with van der Waals surface area (Å²) in [5.41, 5.74) is -0.0679. The molecule has 0 radical (unpaired) electrons. The number of hydrogen-bond donors (Lipinski definition) is 1. The summed E-state index contributed by atoms with van der Waals surface area (Å²) >= 11 is 0. The van der Waals surface area contributed by atoms with Crippen molar-refractivity contribution in [3.63, 3.8) is 0 Å². The lowest BCUT2D eigenvalue weighted by Crippen LogP contribution is -2.48. The Kier molecular flexibility index (Phi) is 4.78. The zero-order valence-electron chi connectivity index (χ0n) is 11.3. The van der Waals surface area contributed by atoms with E-state index in [9.17, 15) is 13.2 Å². The van der Waals surface area contributed by atoms with Crippen molar-refractivity contribution >= 4 is 16.0 Å². The molecule has 1 saturated heterocycles. The molecule has 1 unspecified atom stereocenters. The Balaban J connectivity index is 2.78. The van der Waals surface area contributed by atoms with Gasteiger partial charge in [-0.25, -0.2) is 8.42 Å². The first-order valence-electron chi connectivity index (χ1n) is 6.36. The topological polar surface area (TPSA) is 74.7 Å². The van der Waals surface area contributed by atoms with Gasteiger partial charge >= 0.3 is 5.97 Å². The third-order valence-electron chi connectivity index (χ3n) is 3.21. The molecule has 0 aliphatic carbocycles. The molecule has 106 valence electrons. The second kappa shape index (κ2) is 5.57. The van der Waals surface area contributed by atoms with Crippen LogP contribution in [-0.4, -0.2) is 42.1 Å². The van der Waals surface area contributed by atoms with Crippen LogP contribution in [-0.2, 0) is 14.8 Å². The lowest BCUT2D eigenvalue weighted by atomic mass is 9.94.